The molecule has 1 N–H and O–H groups in total. The summed E-state index contributed by atoms with van der Waals surface area (Å²) in [4.78, 5) is 0. The highest BCUT2D eigenvalue weighted by Gasteiger charge is 2.12. The Bertz CT molecular complexity index is 556. The summed E-state index contributed by atoms with van der Waals surface area (Å²) in [5.74, 6) is 0.918. The Kier molecular flexibility index (Phi) is 5.69. The van der Waals surface area contributed by atoms with Crippen molar-refractivity contribution in [3.8, 4) is 5.75 Å². The number of hydrogen-bond acceptors (Lipinski definition) is 2. The highest BCUT2D eigenvalue weighted by atomic mass is 35.5. The molecule has 0 radical (unpaired) electrons. The van der Waals surface area contributed by atoms with E-state index in [1.54, 1.807) is 0 Å². The molecule has 0 fully saturated rings. The number of nitrogens with one attached hydrogen (secondary N) is 1. The Morgan fingerprint density at radius 3 is 2.55 bits per heavy atom. The highest BCUT2D eigenvalue weighted by molar-refractivity contribution is 6.35. The summed E-state index contributed by atoms with van der Waals surface area (Å²) in [6.07, 6.45) is 2.36. The van der Waals surface area contributed by atoms with Crippen molar-refractivity contribution in [3.63, 3.8) is 0 Å². The average Bonchev–Trinajstić information content (AvgIpc) is 2.48. The Labute approximate surface area is 126 Å². The fourth-order valence-corrected chi connectivity index (χ4v) is 2.57. The van der Waals surface area contributed by atoms with Gasteiger partial charge in [-0.3, -0.25) is 0 Å². The smallest absolute Gasteiger partial charge is 0.127 e. The van der Waals surface area contributed by atoms with Gasteiger partial charge in [0.2, 0.25) is 0 Å². The van der Waals surface area contributed by atoms with Crippen LogP contribution in [0, 0.1) is 0 Å². The molecule has 0 spiro atoms. The van der Waals surface area contributed by atoms with Crippen LogP contribution in [0.3, 0.4) is 0 Å². The van der Waals surface area contributed by atoms with Crippen LogP contribution < -0.4 is 10.1 Å². The van der Waals surface area contributed by atoms with Crippen molar-refractivity contribution in [1.82, 2.24) is 5.32 Å². The van der Waals surface area contributed by atoms with E-state index in [1.807, 2.05) is 30.3 Å². The molecular formula is C17H22ClNO. The van der Waals surface area contributed by atoms with Gasteiger partial charge in [-0.25, -0.2) is 0 Å². The lowest BCUT2D eigenvalue weighted by atomic mass is 10.1. The monoisotopic (exact) mass is 291 g/mol. The minimum atomic E-state index is 0.199. The molecule has 0 bridgehead atoms. The van der Waals surface area contributed by atoms with Crippen LogP contribution >= 0.6 is 11.6 Å². The number of rotatable bonds is 7. The number of fused-ring (bicyclic) bond motifs is 1. The van der Waals surface area contributed by atoms with E-state index in [0.29, 0.717) is 0 Å². The third-order valence-corrected chi connectivity index (χ3v) is 3.69. The van der Waals surface area contributed by atoms with Crippen molar-refractivity contribution in [1.29, 1.82) is 0 Å². The van der Waals surface area contributed by atoms with E-state index in [9.17, 15) is 0 Å². The lowest BCUT2D eigenvalue weighted by Gasteiger charge is -2.20. The summed E-state index contributed by atoms with van der Waals surface area (Å²) in [6.45, 7) is 6.13. The van der Waals surface area contributed by atoms with E-state index in [1.165, 1.54) is 0 Å². The molecule has 0 saturated carbocycles. The van der Waals surface area contributed by atoms with Crippen molar-refractivity contribution in [3.05, 3.63) is 41.4 Å². The van der Waals surface area contributed by atoms with Gasteiger partial charge in [0.05, 0.1) is 0 Å². The van der Waals surface area contributed by atoms with Gasteiger partial charge in [-0.2, -0.15) is 0 Å². The van der Waals surface area contributed by atoms with Gasteiger partial charge < -0.3 is 10.1 Å². The molecule has 1 unspecified atom stereocenters. The number of ether oxygens (including phenoxy) is 1. The second-order valence-electron chi connectivity index (χ2n) is 4.93. The summed E-state index contributed by atoms with van der Waals surface area (Å²) in [5, 5.41) is 6.26. The lowest BCUT2D eigenvalue weighted by molar-refractivity contribution is 0.189. The van der Waals surface area contributed by atoms with Crippen LogP contribution in [0.25, 0.3) is 10.8 Å². The minimum Gasteiger partial charge on any atom is -0.488 e. The second-order valence-corrected chi connectivity index (χ2v) is 5.33. The van der Waals surface area contributed by atoms with Crippen LogP contribution in [-0.4, -0.2) is 19.2 Å². The van der Waals surface area contributed by atoms with E-state index in [2.05, 4.69) is 25.2 Å². The zero-order chi connectivity index (χ0) is 14.4. The predicted molar refractivity (Wildman–Crippen MR) is 86.8 cm³/mol. The number of likely N-dealkylation sites (N-methyl/N-ethyl adjacent to an activating group) is 1. The predicted octanol–water partition coefficient (Wildman–Crippen LogP) is 4.65. The third-order valence-electron chi connectivity index (χ3n) is 3.36. The van der Waals surface area contributed by atoms with Crippen LogP contribution in [0.4, 0.5) is 0 Å². The zero-order valence-corrected chi connectivity index (χ0v) is 12.9. The third kappa shape index (κ3) is 3.65. The topological polar surface area (TPSA) is 21.3 Å². The summed E-state index contributed by atoms with van der Waals surface area (Å²) < 4.78 is 6.20. The molecule has 0 aliphatic rings. The minimum absolute atomic E-state index is 0.199. The lowest BCUT2D eigenvalue weighted by Crippen LogP contribution is -2.31. The standard InChI is InChI=1S/C17H22ClNO/c1-3-7-13(12-19-4-2)20-17-11-10-16(18)14-8-5-6-9-15(14)17/h5-6,8-11,13,19H,3-4,7,12H2,1-2H3. The van der Waals surface area contributed by atoms with Crippen molar-refractivity contribution in [2.75, 3.05) is 13.1 Å². The molecule has 0 heterocycles. The van der Waals surface area contributed by atoms with Gasteiger partial charge in [0.1, 0.15) is 11.9 Å². The Balaban J connectivity index is 2.25. The molecule has 20 heavy (non-hydrogen) atoms. The van der Waals surface area contributed by atoms with Gasteiger partial charge in [0.15, 0.2) is 0 Å². The quantitative estimate of drug-likeness (QED) is 0.802. The summed E-state index contributed by atoms with van der Waals surface area (Å²) in [5.41, 5.74) is 0. The van der Waals surface area contributed by atoms with Crippen LogP contribution in [0.5, 0.6) is 5.75 Å². The normalized spacial score (nSPS) is 12.6. The Morgan fingerprint density at radius 1 is 1.10 bits per heavy atom. The maximum atomic E-state index is 6.24. The van der Waals surface area contributed by atoms with Crippen LogP contribution in [-0.2, 0) is 0 Å². The van der Waals surface area contributed by atoms with Crippen molar-refractivity contribution < 1.29 is 4.74 Å². The molecule has 0 aliphatic heterocycles. The van der Waals surface area contributed by atoms with Crippen molar-refractivity contribution >= 4 is 22.4 Å². The molecule has 2 nitrogen and oxygen atoms in total. The first-order chi connectivity index (χ1) is 9.76. The van der Waals surface area contributed by atoms with Crippen molar-refractivity contribution in [2.45, 2.75) is 32.8 Å². The van der Waals surface area contributed by atoms with Gasteiger partial charge >= 0.3 is 0 Å². The number of hydrogen-bond donors (Lipinski definition) is 1. The molecule has 0 saturated heterocycles. The molecule has 0 amide bonds. The first kappa shape index (κ1) is 15.1. The first-order valence-corrected chi connectivity index (χ1v) is 7.68. The van der Waals surface area contributed by atoms with Gasteiger partial charge in [-0.15, -0.1) is 0 Å². The fraction of sp³-hybridized carbons (Fsp3) is 0.412. The maximum absolute atomic E-state index is 6.24. The zero-order valence-electron chi connectivity index (χ0n) is 12.2. The van der Waals surface area contributed by atoms with Gasteiger partial charge in [0.25, 0.3) is 0 Å². The molecule has 2 rings (SSSR count). The fourth-order valence-electron chi connectivity index (χ4n) is 2.35. The van der Waals surface area contributed by atoms with E-state index >= 15 is 0 Å². The van der Waals surface area contributed by atoms with E-state index < -0.39 is 0 Å². The molecule has 0 aromatic heterocycles. The van der Waals surface area contributed by atoms with Gasteiger partial charge in [-0.05, 0) is 25.1 Å². The van der Waals surface area contributed by atoms with E-state index in [4.69, 9.17) is 16.3 Å². The SMILES string of the molecule is CCCC(CNCC)Oc1ccc(Cl)c2ccccc12. The largest absolute Gasteiger partial charge is 0.488 e. The Hall–Kier alpha value is -1.25. The number of halogens is 1. The van der Waals surface area contributed by atoms with Crippen LogP contribution in [0.1, 0.15) is 26.7 Å². The molecular weight excluding hydrogens is 270 g/mol. The van der Waals surface area contributed by atoms with Gasteiger partial charge in [-0.1, -0.05) is 56.1 Å². The maximum Gasteiger partial charge on any atom is 0.127 e. The molecule has 1 atom stereocenters. The molecule has 0 aliphatic carbocycles. The summed E-state index contributed by atoms with van der Waals surface area (Å²) in [6, 6.07) is 12.0. The van der Waals surface area contributed by atoms with Crippen molar-refractivity contribution in [2.24, 2.45) is 0 Å². The van der Waals surface area contributed by atoms with E-state index in [0.717, 1.165) is 47.5 Å². The molecule has 3 heteroatoms. The van der Waals surface area contributed by atoms with Gasteiger partial charge in [0, 0.05) is 22.3 Å². The summed E-state index contributed by atoms with van der Waals surface area (Å²) in [7, 11) is 0. The molecule has 108 valence electrons. The number of benzene rings is 2. The Morgan fingerprint density at radius 2 is 1.85 bits per heavy atom. The second kappa shape index (κ2) is 7.51. The first-order valence-electron chi connectivity index (χ1n) is 7.30. The molecule has 2 aromatic rings. The molecule has 2 aromatic carbocycles. The summed E-state index contributed by atoms with van der Waals surface area (Å²) >= 11 is 6.24. The van der Waals surface area contributed by atoms with E-state index in [-0.39, 0.29) is 6.10 Å². The highest BCUT2D eigenvalue weighted by Crippen LogP contribution is 2.32. The average molecular weight is 292 g/mol. The van der Waals surface area contributed by atoms with Crippen LogP contribution in [0.2, 0.25) is 5.02 Å². The van der Waals surface area contributed by atoms with Crippen LogP contribution in [0.15, 0.2) is 36.4 Å².